The van der Waals surface area contributed by atoms with Crippen LogP contribution < -0.4 is 0 Å². The van der Waals surface area contributed by atoms with E-state index in [4.69, 9.17) is 4.98 Å². The molecule has 0 bridgehead atoms. The van der Waals surface area contributed by atoms with Crippen molar-refractivity contribution in [2.45, 2.75) is 47.5 Å². The lowest BCUT2D eigenvalue weighted by Crippen LogP contribution is -2.30. The maximum atomic E-state index is 13.2. The molecule has 0 radical (unpaired) electrons. The predicted octanol–water partition coefficient (Wildman–Crippen LogP) is 4.91. The normalized spacial score (nSPS) is 11.2. The Morgan fingerprint density at radius 2 is 1.71 bits per heavy atom. The first-order chi connectivity index (χ1) is 13.4. The van der Waals surface area contributed by atoms with Gasteiger partial charge in [0.15, 0.2) is 0 Å². The third-order valence-electron chi connectivity index (χ3n) is 5.27. The van der Waals surface area contributed by atoms with E-state index in [0.29, 0.717) is 18.7 Å². The number of aromatic nitrogens is 3. The van der Waals surface area contributed by atoms with Crippen LogP contribution in [0.3, 0.4) is 0 Å². The highest BCUT2D eigenvalue weighted by atomic mass is 16.2. The third kappa shape index (κ3) is 3.61. The van der Waals surface area contributed by atoms with Crippen molar-refractivity contribution < 1.29 is 4.79 Å². The van der Waals surface area contributed by atoms with E-state index in [9.17, 15) is 4.79 Å². The van der Waals surface area contributed by atoms with Crippen molar-refractivity contribution >= 4 is 16.8 Å². The highest BCUT2D eigenvalue weighted by Crippen LogP contribution is 2.29. The molecule has 0 N–H and O–H groups in total. The van der Waals surface area contributed by atoms with Crippen molar-refractivity contribution in [2.24, 2.45) is 0 Å². The Hall–Kier alpha value is -2.82. The predicted molar refractivity (Wildman–Crippen MR) is 114 cm³/mol. The Morgan fingerprint density at radius 3 is 2.29 bits per heavy atom. The summed E-state index contributed by atoms with van der Waals surface area (Å²) < 4.78 is 0. The Labute approximate surface area is 166 Å². The van der Waals surface area contributed by atoms with Crippen LogP contribution in [-0.2, 0) is 0 Å². The van der Waals surface area contributed by atoms with Gasteiger partial charge in [0.25, 0.3) is 5.91 Å². The molecule has 1 aromatic carbocycles. The first-order valence-corrected chi connectivity index (χ1v) is 9.89. The van der Waals surface area contributed by atoms with Crippen LogP contribution in [0.2, 0.25) is 0 Å². The summed E-state index contributed by atoms with van der Waals surface area (Å²) in [5.74, 6) is 1.10. The van der Waals surface area contributed by atoms with E-state index in [2.05, 4.69) is 43.7 Å². The number of hydrogen-bond donors (Lipinski definition) is 0. The number of amides is 1. The molecule has 28 heavy (non-hydrogen) atoms. The second kappa shape index (κ2) is 8.05. The van der Waals surface area contributed by atoms with E-state index in [0.717, 1.165) is 39.1 Å². The summed E-state index contributed by atoms with van der Waals surface area (Å²) in [5, 5.41) is 0.892. The van der Waals surface area contributed by atoms with Crippen molar-refractivity contribution in [3.63, 3.8) is 0 Å². The zero-order valence-electron chi connectivity index (χ0n) is 17.6. The lowest BCUT2D eigenvalue weighted by Gasteiger charge is -2.20. The smallest absolute Gasteiger partial charge is 0.254 e. The Balaban J connectivity index is 2.24. The number of aryl methyl sites for hydroxylation is 2. The zero-order valence-corrected chi connectivity index (χ0v) is 17.6. The van der Waals surface area contributed by atoms with Crippen molar-refractivity contribution in [1.29, 1.82) is 0 Å². The Morgan fingerprint density at radius 1 is 1.07 bits per heavy atom. The number of fused-ring (bicyclic) bond motifs is 1. The lowest BCUT2D eigenvalue weighted by molar-refractivity contribution is 0.0775. The number of carbonyl (C=O) groups excluding carboxylic acids is 1. The zero-order chi connectivity index (χ0) is 20.4. The molecule has 5 nitrogen and oxygen atoms in total. The fourth-order valence-corrected chi connectivity index (χ4v) is 3.30. The van der Waals surface area contributed by atoms with Gasteiger partial charge in [-0.25, -0.2) is 15.0 Å². The average Bonchev–Trinajstić information content (AvgIpc) is 2.71. The molecule has 3 rings (SSSR count). The molecule has 0 saturated heterocycles. The Bertz CT molecular complexity index is 1010. The number of benzene rings is 1. The van der Waals surface area contributed by atoms with Gasteiger partial charge in [-0.3, -0.25) is 4.79 Å². The van der Waals surface area contributed by atoms with Crippen LogP contribution in [0.25, 0.3) is 22.2 Å². The molecule has 0 aliphatic heterocycles. The van der Waals surface area contributed by atoms with Gasteiger partial charge in [0, 0.05) is 42.4 Å². The van der Waals surface area contributed by atoms with Crippen LogP contribution >= 0.6 is 0 Å². The molecule has 0 aliphatic rings. The molecule has 2 aromatic heterocycles. The first-order valence-electron chi connectivity index (χ1n) is 9.89. The molecule has 0 aliphatic carbocycles. The van der Waals surface area contributed by atoms with Gasteiger partial charge < -0.3 is 4.90 Å². The van der Waals surface area contributed by atoms with Gasteiger partial charge in [-0.2, -0.15) is 0 Å². The number of rotatable bonds is 5. The van der Waals surface area contributed by atoms with Crippen molar-refractivity contribution in [3.8, 4) is 11.3 Å². The molecule has 1 amide bonds. The van der Waals surface area contributed by atoms with Gasteiger partial charge in [0.05, 0.1) is 16.8 Å². The maximum Gasteiger partial charge on any atom is 0.254 e. The second-order valence-electron chi connectivity index (χ2n) is 7.42. The molecule has 0 atom stereocenters. The molecule has 0 fully saturated rings. The van der Waals surface area contributed by atoms with Gasteiger partial charge in [-0.1, -0.05) is 26.0 Å². The topological polar surface area (TPSA) is 59.0 Å². The van der Waals surface area contributed by atoms with Crippen LogP contribution in [-0.4, -0.2) is 38.8 Å². The summed E-state index contributed by atoms with van der Waals surface area (Å²) in [4.78, 5) is 28.9. The number of carbonyl (C=O) groups is 1. The molecule has 0 unspecified atom stereocenters. The van der Waals surface area contributed by atoms with E-state index in [1.807, 2.05) is 30.9 Å². The first kappa shape index (κ1) is 19.9. The van der Waals surface area contributed by atoms with Crippen LogP contribution in [0, 0.1) is 13.8 Å². The number of pyridine rings is 1. The van der Waals surface area contributed by atoms with E-state index < -0.39 is 0 Å². The highest BCUT2D eigenvalue weighted by Gasteiger charge is 2.19. The van der Waals surface area contributed by atoms with Crippen LogP contribution in [0.1, 0.15) is 60.9 Å². The minimum absolute atomic E-state index is 0.0293. The van der Waals surface area contributed by atoms with Crippen LogP contribution in [0.5, 0.6) is 0 Å². The van der Waals surface area contributed by atoms with Crippen molar-refractivity contribution in [1.82, 2.24) is 19.9 Å². The Kier molecular flexibility index (Phi) is 5.73. The molecule has 5 heteroatoms. The minimum atomic E-state index is 0.0293. The van der Waals surface area contributed by atoms with E-state index in [1.165, 1.54) is 0 Å². The van der Waals surface area contributed by atoms with Gasteiger partial charge in [-0.05, 0) is 44.9 Å². The van der Waals surface area contributed by atoms with Crippen molar-refractivity contribution in [3.05, 3.63) is 53.1 Å². The second-order valence-corrected chi connectivity index (χ2v) is 7.42. The summed E-state index contributed by atoms with van der Waals surface area (Å²) in [6.07, 6.45) is 3.60. The summed E-state index contributed by atoms with van der Waals surface area (Å²) in [6.45, 7) is 13.6. The highest BCUT2D eigenvalue weighted by molar-refractivity contribution is 6.08. The molecular weight excluding hydrogens is 348 g/mol. The van der Waals surface area contributed by atoms with Gasteiger partial charge >= 0.3 is 0 Å². The van der Waals surface area contributed by atoms with Gasteiger partial charge in [0.1, 0.15) is 5.82 Å². The summed E-state index contributed by atoms with van der Waals surface area (Å²) in [7, 11) is 0. The fourth-order valence-electron chi connectivity index (χ4n) is 3.30. The van der Waals surface area contributed by atoms with Gasteiger partial charge in [-0.15, -0.1) is 0 Å². The average molecular weight is 377 g/mol. The summed E-state index contributed by atoms with van der Waals surface area (Å²) in [6, 6.07) is 5.94. The lowest BCUT2D eigenvalue weighted by atomic mass is 9.99. The molecule has 2 heterocycles. The monoisotopic (exact) mass is 376 g/mol. The van der Waals surface area contributed by atoms with Gasteiger partial charge in [0.2, 0.25) is 0 Å². The molecule has 0 spiro atoms. The van der Waals surface area contributed by atoms with E-state index in [1.54, 1.807) is 12.4 Å². The number of hydrogen-bond acceptors (Lipinski definition) is 4. The van der Waals surface area contributed by atoms with E-state index >= 15 is 0 Å². The fraction of sp³-hybridized carbons (Fsp3) is 0.391. The van der Waals surface area contributed by atoms with Crippen LogP contribution in [0.4, 0.5) is 0 Å². The molecule has 3 aromatic rings. The largest absolute Gasteiger partial charge is 0.339 e. The minimum Gasteiger partial charge on any atom is -0.339 e. The molecule has 146 valence electrons. The van der Waals surface area contributed by atoms with Crippen molar-refractivity contribution in [2.75, 3.05) is 13.1 Å². The third-order valence-corrected chi connectivity index (χ3v) is 5.27. The summed E-state index contributed by atoms with van der Waals surface area (Å²) in [5.41, 5.74) is 5.34. The van der Waals surface area contributed by atoms with E-state index in [-0.39, 0.29) is 11.8 Å². The molecular formula is C23H28N4O. The number of nitrogens with zero attached hydrogens (tertiary/aromatic N) is 4. The summed E-state index contributed by atoms with van der Waals surface area (Å²) >= 11 is 0. The van der Waals surface area contributed by atoms with Crippen LogP contribution in [0.15, 0.2) is 30.6 Å². The standard InChI is InChI=1S/C23H28N4O/c1-7-27(8-2)23(28)19-11-20(17-12-24-22(14(3)4)25-13-17)26-21-16(6)15(5)9-10-18(19)21/h9-14H,7-8H2,1-6H3. The molecule has 0 saturated carbocycles. The SMILES string of the molecule is CCN(CC)C(=O)c1cc(-c2cnc(C(C)C)nc2)nc2c(C)c(C)ccc12. The maximum absolute atomic E-state index is 13.2. The quantitative estimate of drug-likeness (QED) is 0.634.